The topological polar surface area (TPSA) is 88.6 Å². The summed E-state index contributed by atoms with van der Waals surface area (Å²) in [6, 6.07) is 16.8. The van der Waals surface area contributed by atoms with Gasteiger partial charge in [-0.05, 0) is 38.1 Å². The number of hydrogen-bond donors (Lipinski definition) is 1. The van der Waals surface area contributed by atoms with Crippen molar-refractivity contribution >= 4 is 40.4 Å². The third kappa shape index (κ3) is 6.01. The molecule has 0 bridgehead atoms. The zero-order chi connectivity index (χ0) is 23.1. The van der Waals surface area contributed by atoms with Crippen LogP contribution < -0.4 is 5.32 Å². The number of pyridine rings is 1. The number of carbonyl (C=O) groups excluding carboxylic acids is 3. The summed E-state index contributed by atoms with van der Waals surface area (Å²) in [6.45, 7) is 3.27. The van der Waals surface area contributed by atoms with Gasteiger partial charge in [0, 0.05) is 36.0 Å². The molecule has 164 valence electrons. The molecule has 1 aromatic heterocycles. The van der Waals surface area contributed by atoms with E-state index in [4.69, 9.17) is 4.74 Å². The molecular weight excluding hydrogens is 406 g/mol. The number of carbonyl (C=O) groups is 3. The first-order chi connectivity index (χ1) is 15.3. The molecular formula is C25H25N3O4. The summed E-state index contributed by atoms with van der Waals surface area (Å²) < 4.78 is 5.21. The number of benzene rings is 2. The molecule has 7 heteroatoms. The summed E-state index contributed by atoms with van der Waals surface area (Å²) in [5.74, 6) is -1.47. The number of para-hydroxylation sites is 1. The summed E-state index contributed by atoms with van der Waals surface area (Å²) in [4.78, 5) is 42.4. The Labute approximate surface area is 186 Å². The van der Waals surface area contributed by atoms with Gasteiger partial charge in [-0.25, -0.2) is 4.79 Å². The van der Waals surface area contributed by atoms with Crippen molar-refractivity contribution in [1.29, 1.82) is 0 Å². The van der Waals surface area contributed by atoms with Crippen LogP contribution in [-0.4, -0.2) is 47.4 Å². The molecule has 2 amide bonds. The SMILES string of the molecule is Cc1ccc(NC(=O)CN(C)C(=O)C(C)OC(=O)/C=C/c2cccc3cccnc23)cc1. The highest BCUT2D eigenvalue weighted by Crippen LogP contribution is 2.17. The number of likely N-dealkylation sites (N-methyl/N-ethyl adjacent to an activating group) is 1. The van der Waals surface area contributed by atoms with E-state index in [1.165, 1.54) is 24.9 Å². The lowest BCUT2D eigenvalue weighted by Crippen LogP contribution is -2.41. The zero-order valence-corrected chi connectivity index (χ0v) is 18.2. The molecule has 0 aliphatic rings. The summed E-state index contributed by atoms with van der Waals surface area (Å²) >= 11 is 0. The van der Waals surface area contributed by atoms with Gasteiger partial charge in [-0.3, -0.25) is 14.6 Å². The van der Waals surface area contributed by atoms with E-state index in [0.29, 0.717) is 5.69 Å². The Balaban J connectivity index is 1.53. The van der Waals surface area contributed by atoms with Gasteiger partial charge < -0.3 is 15.0 Å². The Morgan fingerprint density at radius 3 is 2.56 bits per heavy atom. The molecule has 3 aromatic rings. The molecule has 0 aliphatic carbocycles. The number of anilines is 1. The molecule has 1 atom stereocenters. The van der Waals surface area contributed by atoms with E-state index in [1.54, 1.807) is 24.4 Å². The molecule has 0 fully saturated rings. The van der Waals surface area contributed by atoms with Gasteiger partial charge in [-0.2, -0.15) is 0 Å². The standard InChI is InChI=1S/C25H25N3O4/c1-17-9-12-21(13-10-17)27-22(29)16-28(3)25(31)18(2)32-23(30)14-11-20-7-4-6-19-8-5-15-26-24(19)20/h4-15,18H,16H2,1-3H3,(H,27,29)/b14-11+. The minimum absolute atomic E-state index is 0.161. The van der Waals surface area contributed by atoms with Crippen LogP contribution in [0.5, 0.6) is 0 Å². The second-order valence-electron chi connectivity index (χ2n) is 7.44. The van der Waals surface area contributed by atoms with Crippen LogP contribution >= 0.6 is 0 Å². The van der Waals surface area contributed by atoms with Crippen molar-refractivity contribution in [3.8, 4) is 0 Å². The lowest BCUT2D eigenvalue weighted by Gasteiger charge is -2.20. The maximum atomic E-state index is 12.5. The fraction of sp³-hybridized carbons (Fsp3) is 0.200. The minimum atomic E-state index is -1.03. The molecule has 0 aliphatic heterocycles. The van der Waals surface area contributed by atoms with Gasteiger partial charge in [-0.1, -0.05) is 42.0 Å². The fourth-order valence-electron chi connectivity index (χ4n) is 3.13. The van der Waals surface area contributed by atoms with E-state index >= 15 is 0 Å². The Morgan fingerprint density at radius 2 is 1.81 bits per heavy atom. The number of aryl methyl sites for hydroxylation is 1. The summed E-state index contributed by atoms with van der Waals surface area (Å²) in [7, 11) is 1.49. The normalized spacial score (nSPS) is 11.8. The Morgan fingerprint density at radius 1 is 1.09 bits per heavy atom. The maximum Gasteiger partial charge on any atom is 0.331 e. The number of ether oxygens (including phenoxy) is 1. The van der Waals surface area contributed by atoms with Gasteiger partial charge in [0.05, 0.1) is 12.1 Å². The predicted molar refractivity (Wildman–Crippen MR) is 124 cm³/mol. The molecule has 32 heavy (non-hydrogen) atoms. The average Bonchev–Trinajstić information content (AvgIpc) is 2.78. The van der Waals surface area contributed by atoms with Crippen LogP contribution in [0.25, 0.3) is 17.0 Å². The molecule has 0 saturated heterocycles. The monoisotopic (exact) mass is 431 g/mol. The van der Waals surface area contributed by atoms with Crippen molar-refractivity contribution in [3.05, 3.63) is 78.0 Å². The second-order valence-corrected chi connectivity index (χ2v) is 7.44. The molecule has 0 spiro atoms. The van der Waals surface area contributed by atoms with Crippen LogP contribution in [0.1, 0.15) is 18.1 Å². The first-order valence-corrected chi connectivity index (χ1v) is 10.2. The van der Waals surface area contributed by atoms with Gasteiger partial charge in [-0.15, -0.1) is 0 Å². The summed E-state index contributed by atoms with van der Waals surface area (Å²) in [5.41, 5.74) is 3.26. The van der Waals surface area contributed by atoms with E-state index in [2.05, 4.69) is 10.3 Å². The van der Waals surface area contributed by atoms with Crippen molar-refractivity contribution in [2.24, 2.45) is 0 Å². The number of rotatable bonds is 7. The molecule has 1 unspecified atom stereocenters. The molecule has 7 nitrogen and oxygen atoms in total. The number of aromatic nitrogens is 1. The molecule has 0 radical (unpaired) electrons. The Bertz CT molecular complexity index is 1150. The molecule has 2 aromatic carbocycles. The van der Waals surface area contributed by atoms with Crippen LogP contribution in [0.2, 0.25) is 0 Å². The first-order valence-electron chi connectivity index (χ1n) is 10.2. The summed E-state index contributed by atoms with van der Waals surface area (Å²) in [5, 5.41) is 3.69. The fourth-order valence-corrected chi connectivity index (χ4v) is 3.13. The number of amides is 2. The van der Waals surface area contributed by atoms with Gasteiger partial charge in [0.1, 0.15) is 0 Å². The van der Waals surface area contributed by atoms with Crippen LogP contribution in [-0.2, 0) is 19.1 Å². The highest BCUT2D eigenvalue weighted by Gasteiger charge is 2.22. The van der Waals surface area contributed by atoms with E-state index < -0.39 is 18.0 Å². The predicted octanol–water partition coefficient (Wildman–Crippen LogP) is 3.59. The number of hydrogen-bond acceptors (Lipinski definition) is 5. The van der Waals surface area contributed by atoms with Crippen molar-refractivity contribution < 1.29 is 19.1 Å². The van der Waals surface area contributed by atoms with E-state index in [0.717, 1.165) is 22.0 Å². The third-order valence-electron chi connectivity index (χ3n) is 4.80. The lowest BCUT2D eigenvalue weighted by molar-refractivity contribution is -0.154. The van der Waals surface area contributed by atoms with Gasteiger partial charge in [0.15, 0.2) is 6.10 Å². The lowest BCUT2D eigenvalue weighted by atomic mass is 10.1. The smallest absolute Gasteiger partial charge is 0.331 e. The Hall–Kier alpha value is -4.00. The highest BCUT2D eigenvalue weighted by atomic mass is 16.5. The quantitative estimate of drug-likeness (QED) is 0.456. The number of nitrogens with one attached hydrogen (secondary N) is 1. The average molecular weight is 431 g/mol. The van der Waals surface area contributed by atoms with Crippen molar-refractivity contribution in [3.63, 3.8) is 0 Å². The van der Waals surface area contributed by atoms with Crippen LogP contribution in [0.15, 0.2) is 66.9 Å². The van der Waals surface area contributed by atoms with Crippen molar-refractivity contribution in [2.75, 3.05) is 18.9 Å². The number of nitrogens with zero attached hydrogens (tertiary/aromatic N) is 2. The first kappa shape index (κ1) is 22.7. The van der Waals surface area contributed by atoms with Gasteiger partial charge >= 0.3 is 5.97 Å². The molecule has 1 N–H and O–H groups in total. The largest absolute Gasteiger partial charge is 0.449 e. The summed E-state index contributed by atoms with van der Waals surface area (Å²) in [6.07, 6.45) is 3.52. The van der Waals surface area contributed by atoms with Crippen molar-refractivity contribution in [2.45, 2.75) is 20.0 Å². The van der Waals surface area contributed by atoms with Crippen molar-refractivity contribution in [1.82, 2.24) is 9.88 Å². The number of esters is 1. The minimum Gasteiger partial charge on any atom is -0.449 e. The maximum absolute atomic E-state index is 12.5. The zero-order valence-electron chi connectivity index (χ0n) is 18.2. The number of fused-ring (bicyclic) bond motifs is 1. The van der Waals surface area contributed by atoms with Gasteiger partial charge in [0.25, 0.3) is 5.91 Å². The van der Waals surface area contributed by atoms with Gasteiger partial charge in [0.2, 0.25) is 5.91 Å². The van der Waals surface area contributed by atoms with Crippen LogP contribution in [0.3, 0.4) is 0 Å². The molecule has 3 rings (SSSR count). The third-order valence-corrected chi connectivity index (χ3v) is 4.80. The second kappa shape index (κ2) is 10.3. The van der Waals surface area contributed by atoms with Crippen LogP contribution in [0, 0.1) is 6.92 Å². The Kier molecular flexibility index (Phi) is 7.33. The molecule has 1 heterocycles. The highest BCUT2D eigenvalue weighted by molar-refractivity contribution is 5.96. The van der Waals surface area contributed by atoms with E-state index in [-0.39, 0.29) is 12.5 Å². The molecule has 0 saturated carbocycles. The van der Waals surface area contributed by atoms with E-state index in [1.807, 2.05) is 49.4 Å². The van der Waals surface area contributed by atoms with Crippen LogP contribution in [0.4, 0.5) is 5.69 Å². The van der Waals surface area contributed by atoms with E-state index in [9.17, 15) is 14.4 Å².